The van der Waals surface area contributed by atoms with Crippen molar-refractivity contribution in [1.29, 1.82) is 0 Å². The predicted molar refractivity (Wildman–Crippen MR) is 136 cm³/mol. The van der Waals surface area contributed by atoms with Crippen LogP contribution in [0.25, 0.3) is 22.4 Å². The van der Waals surface area contributed by atoms with Gasteiger partial charge in [-0.1, -0.05) is 75.3 Å². The molecule has 0 fully saturated rings. The number of aliphatic hydroxyl groups is 1. The van der Waals surface area contributed by atoms with Crippen molar-refractivity contribution in [3.05, 3.63) is 65.6 Å². The summed E-state index contributed by atoms with van der Waals surface area (Å²) < 4.78 is 5.34. The molecule has 34 heavy (non-hydrogen) atoms. The smallest absolute Gasteiger partial charge is 0.164 e. The zero-order chi connectivity index (χ0) is 25.2. The fourth-order valence-corrected chi connectivity index (χ4v) is 2.85. The number of rotatable bonds is 2. The third kappa shape index (κ3) is 8.21. The van der Waals surface area contributed by atoms with Gasteiger partial charge in [-0.15, -0.1) is 34.9 Å². The number of hydrogen-bond donors (Lipinski definition) is 1. The molecule has 0 aliphatic heterocycles. The van der Waals surface area contributed by atoms with Crippen LogP contribution in [0.15, 0.2) is 52.8 Å². The van der Waals surface area contributed by atoms with E-state index in [0.29, 0.717) is 0 Å². The number of furan rings is 1. The van der Waals surface area contributed by atoms with Gasteiger partial charge in [0.1, 0.15) is 5.76 Å². The maximum Gasteiger partial charge on any atom is 0.164 e. The Bertz CT molecular complexity index is 1150. The Hall–Kier alpha value is -2.23. The van der Waals surface area contributed by atoms with Gasteiger partial charge in [-0.2, -0.15) is 0 Å². The molecule has 3 rings (SSSR count). The minimum absolute atomic E-state index is 0. The summed E-state index contributed by atoms with van der Waals surface area (Å²) in [7, 11) is 0. The molecule has 0 unspecified atom stereocenters. The van der Waals surface area contributed by atoms with E-state index in [-0.39, 0.29) is 42.5 Å². The van der Waals surface area contributed by atoms with Crippen LogP contribution in [0.1, 0.15) is 73.4 Å². The number of fused-ring (bicyclic) bond motifs is 1. The van der Waals surface area contributed by atoms with Gasteiger partial charge in [0.2, 0.25) is 0 Å². The Morgan fingerprint density at radius 2 is 1.59 bits per heavy atom. The third-order valence-electron chi connectivity index (χ3n) is 5.23. The molecule has 0 atom stereocenters. The first kappa shape index (κ1) is 29.8. The number of nitrogens with zero attached hydrogens (tertiary/aromatic N) is 1. The SMILES string of the molecule is CC(C)(C)C(=O)/C=C(\O)C(C)(C)C.Cc1[c-]c(-c2ccc3occc3n2)cc(C(C)(C)C)c1.[Ir]. The second-order valence-electron chi connectivity index (χ2n) is 11.6. The number of aliphatic hydroxyl groups excluding tert-OH is 1. The van der Waals surface area contributed by atoms with Gasteiger partial charge in [0.15, 0.2) is 11.4 Å². The first-order valence-corrected chi connectivity index (χ1v) is 11.3. The van der Waals surface area contributed by atoms with Crippen molar-refractivity contribution < 1.29 is 34.4 Å². The predicted octanol–water partition coefficient (Wildman–Crippen LogP) is 7.99. The largest absolute Gasteiger partial charge is 0.512 e. The van der Waals surface area contributed by atoms with Crippen molar-refractivity contribution in [2.45, 2.75) is 74.7 Å². The van der Waals surface area contributed by atoms with Gasteiger partial charge >= 0.3 is 0 Å². The third-order valence-corrected chi connectivity index (χ3v) is 5.23. The first-order valence-electron chi connectivity index (χ1n) is 11.3. The van der Waals surface area contributed by atoms with E-state index in [4.69, 9.17) is 4.42 Å². The number of pyridine rings is 1. The van der Waals surface area contributed by atoms with Crippen molar-refractivity contribution in [2.75, 3.05) is 0 Å². The summed E-state index contributed by atoms with van der Waals surface area (Å²) in [5.74, 6) is 0.104. The van der Waals surface area contributed by atoms with Crippen LogP contribution in [0, 0.1) is 23.8 Å². The van der Waals surface area contributed by atoms with E-state index < -0.39 is 5.41 Å². The van der Waals surface area contributed by atoms with Crippen LogP contribution >= 0.6 is 0 Å². The van der Waals surface area contributed by atoms with Gasteiger partial charge in [0.25, 0.3) is 0 Å². The fraction of sp³-hybridized carbons (Fsp3) is 0.448. The van der Waals surface area contributed by atoms with Gasteiger partial charge in [-0.25, -0.2) is 0 Å². The van der Waals surface area contributed by atoms with Crippen LogP contribution < -0.4 is 0 Å². The number of allylic oxidation sites excluding steroid dienone is 2. The Balaban J connectivity index is 0.000000364. The van der Waals surface area contributed by atoms with Gasteiger partial charge in [0, 0.05) is 43.1 Å². The van der Waals surface area contributed by atoms with E-state index in [2.05, 4.69) is 50.9 Å². The minimum Gasteiger partial charge on any atom is -0.512 e. The molecule has 1 aromatic carbocycles. The number of benzene rings is 1. The number of carbonyl (C=O) groups excluding carboxylic acids is 1. The van der Waals surface area contributed by atoms with Crippen LogP contribution in [0.2, 0.25) is 0 Å². The summed E-state index contributed by atoms with van der Waals surface area (Å²) >= 11 is 0. The second kappa shape index (κ2) is 11.0. The summed E-state index contributed by atoms with van der Waals surface area (Å²) in [4.78, 5) is 16.1. The molecule has 2 aromatic heterocycles. The Morgan fingerprint density at radius 1 is 0.971 bits per heavy atom. The standard InChI is InChI=1S/C18H18NO.C11H20O2.Ir/c1-12-9-13(11-14(10-12)18(2,3)4)15-5-6-17-16(19-15)7-8-20-17;1-10(2,3)8(12)7-9(13)11(4,5)6;/h5-8,10-11H,1-4H3;7,12H,1-6H3;/q-1;;/b;8-7-;. The molecule has 2 heterocycles. The second-order valence-corrected chi connectivity index (χ2v) is 11.6. The average molecular weight is 641 g/mol. The summed E-state index contributed by atoms with van der Waals surface area (Å²) in [5.41, 5.74) is 5.48. The van der Waals surface area contributed by atoms with E-state index in [1.165, 1.54) is 11.6 Å². The monoisotopic (exact) mass is 641 g/mol. The molecular formula is C29H38IrNO3-. The normalized spacial score (nSPS) is 12.6. The molecule has 0 bridgehead atoms. The zero-order valence-corrected chi connectivity index (χ0v) is 24.5. The van der Waals surface area contributed by atoms with E-state index >= 15 is 0 Å². The van der Waals surface area contributed by atoms with Crippen LogP contribution in [0.3, 0.4) is 0 Å². The average Bonchev–Trinajstić information content (AvgIpc) is 3.13. The van der Waals surface area contributed by atoms with Crippen molar-refractivity contribution >= 4 is 16.9 Å². The topological polar surface area (TPSA) is 63.3 Å². The number of aryl methyl sites for hydroxylation is 1. The van der Waals surface area contributed by atoms with E-state index in [1.54, 1.807) is 6.26 Å². The molecule has 1 N–H and O–H groups in total. The van der Waals surface area contributed by atoms with Crippen LogP contribution in [-0.2, 0) is 30.3 Å². The maximum absolute atomic E-state index is 11.5. The number of aromatic nitrogens is 1. The van der Waals surface area contributed by atoms with E-state index in [1.807, 2.05) is 59.7 Å². The summed E-state index contributed by atoms with van der Waals surface area (Å²) in [6, 6.07) is 13.6. The molecule has 0 amide bonds. The Kier molecular flexibility index (Phi) is 9.65. The molecular weight excluding hydrogens is 603 g/mol. The first-order chi connectivity index (χ1) is 15.0. The fourth-order valence-electron chi connectivity index (χ4n) is 2.85. The molecule has 187 valence electrons. The summed E-state index contributed by atoms with van der Waals surface area (Å²) in [6.45, 7) is 19.9. The summed E-state index contributed by atoms with van der Waals surface area (Å²) in [5, 5.41) is 9.56. The zero-order valence-electron chi connectivity index (χ0n) is 22.1. The molecule has 0 saturated carbocycles. The summed E-state index contributed by atoms with van der Waals surface area (Å²) in [6.07, 6.45) is 3.00. The molecule has 1 radical (unpaired) electrons. The minimum atomic E-state index is -0.417. The number of ketones is 1. The Morgan fingerprint density at radius 3 is 2.12 bits per heavy atom. The Labute approximate surface area is 218 Å². The van der Waals surface area contributed by atoms with E-state index in [9.17, 15) is 9.90 Å². The maximum atomic E-state index is 11.5. The molecule has 0 saturated heterocycles. The van der Waals surface area contributed by atoms with Crippen molar-refractivity contribution in [3.8, 4) is 11.3 Å². The van der Waals surface area contributed by atoms with Gasteiger partial charge < -0.3 is 9.52 Å². The van der Waals surface area contributed by atoms with Gasteiger partial charge in [-0.05, 0) is 17.2 Å². The molecule has 0 spiro atoms. The van der Waals surface area contributed by atoms with Crippen molar-refractivity contribution in [3.63, 3.8) is 0 Å². The van der Waals surface area contributed by atoms with E-state index in [0.717, 1.165) is 27.9 Å². The quantitative estimate of drug-likeness (QED) is 0.175. The van der Waals surface area contributed by atoms with Gasteiger partial charge in [0.05, 0.1) is 11.8 Å². The molecule has 5 heteroatoms. The van der Waals surface area contributed by atoms with Crippen LogP contribution in [0.4, 0.5) is 0 Å². The van der Waals surface area contributed by atoms with Crippen LogP contribution in [-0.4, -0.2) is 15.9 Å². The molecule has 3 aromatic rings. The van der Waals surface area contributed by atoms with Gasteiger partial charge in [-0.3, -0.25) is 9.78 Å². The molecule has 0 aliphatic rings. The molecule has 4 nitrogen and oxygen atoms in total. The molecule has 0 aliphatic carbocycles. The number of carbonyl (C=O) groups is 1. The van der Waals surface area contributed by atoms with Crippen LogP contribution in [0.5, 0.6) is 0 Å². The van der Waals surface area contributed by atoms with Crippen molar-refractivity contribution in [2.24, 2.45) is 10.8 Å². The number of hydrogen-bond acceptors (Lipinski definition) is 4. The van der Waals surface area contributed by atoms with Crippen molar-refractivity contribution in [1.82, 2.24) is 4.98 Å².